The number of unbranched alkanes of at least 4 members (excludes halogenated alkanes) is 1. The summed E-state index contributed by atoms with van der Waals surface area (Å²) < 4.78 is 0. The van der Waals surface area contributed by atoms with Crippen LogP contribution in [0.1, 0.15) is 43.2 Å². The summed E-state index contributed by atoms with van der Waals surface area (Å²) in [4.78, 5) is 0. The number of benzene rings is 1. The molecule has 0 spiro atoms. The van der Waals surface area contributed by atoms with Crippen molar-refractivity contribution in [3.63, 3.8) is 0 Å². The van der Waals surface area contributed by atoms with Crippen LogP contribution in [0.5, 0.6) is 0 Å². The van der Waals surface area contributed by atoms with Crippen molar-refractivity contribution in [2.45, 2.75) is 38.2 Å². The average Bonchev–Trinajstić information content (AvgIpc) is 2.69. The second-order valence-corrected chi connectivity index (χ2v) is 4.22. The molecule has 2 rings (SSSR count). The van der Waals surface area contributed by atoms with E-state index in [2.05, 4.69) is 31.2 Å². The normalized spacial score (nSPS) is 20.3. The van der Waals surface area contributed by atoms with Crippen LogP contribution in [0.4, 0.5) is 0 Å². The van der Waals surface area contributed by atoms with Crippen LogP contribution in [-0.4, -0.2) is 11.2 Å². The van der Waals surface area contributed by atoms with Gasteiger partial charge in [0, 0.05) is 5.92 Å². The molecule has 0 aromatic heterocycles. The molecule has 1 aliphatic rings. The highest BCUT2D eigenvalue weighted by atomic mass is 16.3. The van der Waals surface area contributed by atoms with Gasteiger partial charge in [-0.25, -0.2) is 0 Å². The Morgan fingerprint density at radius 1 is 1.33 bits per heavy atom. The zero-order chi connectivity index (χ0) is 10.7. The molecule has 15 heavy (non-hydrogen) atoms. The highest BCUT2D eigenvalue weighted by Crippen LogP contribution is 2.33. The molecule has 1 aromatic carbocycles. The first-order chi connectivity index (χ1) is 7.33. The Morgan fingerprint density at radius 2 is 2.13 bits per heavy atom. The lowest BCUT2D eigenvalue weighted by Gasteiger charge is -2.17. The summed E-state index contributed by atoms with van der Waals surface area (Å²) in [6.07, 6.45) is 7.19. The number of aliphatic hydroxyl groups is 1. The minimum absolute atomic E-state index is 0.216. The van der Waals surface area contributed by atoms with Crippen molar-refractivity contribution >= 4 is 6.08 Å². The predicted octanol–water partition coefficient (Wildman–Crippen LogP) is 3.35. The number of fused-ring (bicyclic) bond motifs is 1. The van der Waals surface area contributed by atoms with E-state index in [0.29, 0.717) is 0 Å². The van der Waals surface area contributed by atoms with Gasteiger partial charge in [-0.3, -0.25) is 0 Å². The summed E-state index contributed by atoms with van der Waals surface area (Å²) >= 11 is 0. The van der Waals surface area contributed by atoms with Crippen LogP contribution in [0.15, 0.2) is 30.3 Å². The van der Waals surface area contributed by atoms with Crippen LogP contribution in [-0.2, 0) is 0 Å². The predicted molar refractivity (Wildman–Crippen MR) is 63.7 cm³/mol. The monoisotopic (exact) mass is 202 g/mol. The van der Waals surface area contributed by atoms with Crippen LogP contribution in [0.25, 0.3) is 6.08 Å². The number of aliphatic hydroxyl groups excluding tert-OH is 1. The van der Waals surface area contributed by atoms with E-state index in [1.165, 1.54) is 11.1 Å². The Kier molecular flexibility index (Phi) is 3.22. The first-order valence-corrected chi connectivity index (χ1v) is 5.78. The Hall–Kier alpha value is -1.08. The van der Waals surface area contributed by atoms with Gasteiger partial charge in [0.15, 0.2) is 0 Å². The fourth-order valence-electron chi connectivity index (χ4n) is 2.21. The molecule has 0 bridgehead atoms. The van der Waals surface area contributed by atoms with Crippen LogP contribution in [0, 0.1) is 0 Å². The van der Waals surface area contributed by atoms with Crippen molar-refractivity contribution in [3.8, 4) is 0 Å². The third kappa shape index (κ3) is 2.13. The maximum atomic E-state index is 10.1. The van der Waals surface area contributed by atoms with E-state index in [1.54, 1.807) is 0 Å². The molecule has 1 heteroatoms. The molecule has 0 saturated heterocycles. The first-order valence-electron chi connectivity index (χ1n) is 5.78. The topological polar surface area (TPSA) is 20.2 Å². The fraction of sp³-hybridized carbons (Fsp3) is 0.429. The Labute approximate surface area is 91.4 Å². The molecule has 0 radical (unpaired) electrons. The standard InChI is InChI=1S/C14H18O/c1-2-3-8-14(15)13-10-9-11-6-4-5-7-12(11)13/h4-7,9-10,13-15H,2-3,8H2,1H3. The minimum Gasteiger partial charge on any atom is -0.392 e. The molecule has 0 heterocycles. The van der Waals surface area contributed by atoms with E-state index >= 15 is 0 Å². The summed E-state index contributed by atoms with van der Waals surface area (Å²) in [7, 11) is 0. The third-order valence-electron chi connectivity index (χ3n) is 3.11. The summed E-state index contributed by atoms with van der Waals surface area (Å²) in [5.74, 6) is 0.216. The third-order valence-corrected chi connectivity index (χ3v) is 3.11. The molecule has 0 amide bonds. The van der Waals surface area contributed by atoms with Gasteiger partial charge in [0.25, 0.3) is 0 Å². The largest absolute Gasteiger partial charge is 0.392 e. The van der Waals surface area contributed by atoms with E-state index in [-0.39, 0.29) is 12.0 Å². The molecule has 0 aliphatic heterocycles. The molecule has 0 saturated carbocycles. The van der Waals surface area contributed by atoms with Gasteiger partial charge < -0.3 is 5.11 Å². The van der Waals surface area contributed by atoms with Crippen LogP contribution >= 0.6 is 0 Å². The van der Waals surface area contributed by atoms with Crippen molar-refractivity contribution in [1.82, 2.24) is 0 Å². The van der Waals surface area contributed by atoms with Gasteiger partial charge >= 0.3 is 0 Å². The molecular formula is C14H18O. The van der Waals surface area contributed by atoms with Gasteiger partial charge in [-0.15, -0.1) is 0 Å². The SMILES string of the molecule is CCCCC(O)C1C=Cc2ccccc21. The molecule has 1 aromatic rings. The van der Waals surface area contributed by atoms with Crippen LogP contribution in [0.2, 0.25) is 0 Å². The summed E-state index contributed by atoms with van der Waals surface area (Å²) in [5.41, 5.74) is 2.54. The fourth-order valence-corrected chi connectivity index (χ4v) is 2.21. The molecule has 1 N–H and O–H groups in total. The quantitative estimate of drug-likeness (QED) is 0.793. The Balaban J connectivity index is 2.10. The highest BCUT2D eigenvalue weighted by Gasteiger charge is 2.23. The summed E-state index contributed by atoms with van der Waals surface area (Å²) in [5, 5.41) is 10.1. The number of hydrogen-bond acceptors (Lipinski definition) is 1. The lowest BCUT2D eigenvalue weighted by Crippen LogP contribution is -2.15. The van der Waals surface area contributed by atoms with Crippen molar-refractivity contribution in [2.75, 3.05) is 0 Å². The van der Waals surface area contributed by atoms with Gasteiger partial charge in [0.2, 0.25) is 0 Å². The molecule has 0 fully saturated rings. The molecule has 1 nitrogen and oxygen atoms in total. The van der Waals surface area contributed by atoms with Crippen LogP contribution < -0.4 is 0 Å². The van der Waals surface area contributed by atoms with Gasteiger partial charge in [-0.1, -0.05) is 56.2 Å². The van der Waals surface area contributed by atoms with Gasteiger partial charge in [0.05, 0.1) is 6.10 Å². The number of rotatable bonds is 4. The lowest BCUT2D eigenvalue weighted by molar-refractivity contribution is 0.147. The maximum absolute atomic E-state index is 10.1. The van der Waals surface area contributed by atoms with Crippen LogP contribution in [0.3, 0.4) is 0 Å². The van der Waals surface area contributed by atoms with E-state index in [1.807, 2.05) is 12.1 Å². The summed E-state index contributed by atoms with van der Waals surface area (Å²) in [6, 6.07) is 8.32. The molecule has 80 valence electrons. The highest BCUT2D eigenvalue weighted by molar-refractivity contribution is 5.62. The van der Waals surface area contributed by atoms with Gasteiger partial charge in [-0.05, 0) is 17.5 Å². The summed E-state index contributed by atoms with van der Waals surface area (Å²) in [6.45, 7) is 2.16. The van der Waals surface area contributed by atoms with Gasteiger partial charge in [0.1, 0.15) is 0 Å². The Bertz CT molecular complexity index is 354. The zero-order valence-corrected chi connectivity index (χ0v) is 9.19. The van der Waals surface area contributed by atoms with E-state index < -0.39 is 0 Å². The van der Waals surface area contributed by atoms with E-state index in [4.69, 9.17) is 0 Å². The Morgan fingerprint density at radius 3 is 2.93 bits per heavy atom. The number of hydrogen-bond donors (Lipinski definition) is 1. The molecule has 1 aliphatic carbocycles. The smallest absolute Gasteiger partial charge is 0.0643 e. The van der Waals surface area contributed by atoms with E-state index in [0.717, 1.165) is 19.3 Å². The van der Waals surface area contributed by atoms with Crippen molar-refractivity contribution in [1.29, 1.82) is 0 Å². The van der Waals surface area contributed by atoms with Gasteiger partial charge in [-0.2, -0.15) is 0 Å². The molecule has 2 unspecified atom stereocenters. The van der Waals surface area contributed by atoms with Crippen molar-refractivity contribution in [2.24, 2.45) is 0 Å². The lowest BCUT2D eigenvalue weighted by atomic mass is 9.92. The minimum atomic E-state index is -0.218. The second-order valence-electron chi connectivity index (χ2n) is 4.22. The maximum Gasteiger partial charge on any atom is 0.0643 e. The van der Waals surface area contributed by atoms with Crippen molar-refractivity contribution < 1.29 is 5.11 Å². The average molecular weight is 202 g/mol. The molecule has 2 atom stereocenters. The second kappa shape index (κ2) is 4.63. The zero-order valence-electron chi connectivity index (χ0n) is 9.19. The molecular weight excluding hydrogens is 184 g/mol. The van der Waals surface area contributed by atoms with Crippen molar-refractivity contribution in [3.05, 3.63) is 41.5 Å². The first kappa shape index (κ1) is 10.4. The van der Waals surface area contributed by atoms with E-state index in [9.17, 15) is 5.11 Å².